The van der Waals surface area contributed by atoms with Crippen LogP contribution >= 0.6 is 0 Å². The molecule has 96 valence electrons. The first kappa shape index (κ1) is 12.5. The molecule has 0 spiro atoms. The number of hydrogen-bond donors (Lipinski definition) is 3. The summed E-state index contributed by atoms with van der Waals surface area (Å²) in [4.78, 5) is 18.5. The molecule has 7 heteroatoms. The summed E-state index contributed by atoms with van der Waals surface area (Å²) in [7, 11) is 0. The normalized spacial score (nSPS) is 11.1. The second-order valence-corrected chi connectivity index (χ2v) is 3.58. The van der Waals surface area contributed by atoms with E-state index < -0.39 is 5.97 Å². The topological polar surface area (TPSA) is 113 Å². The zero-order chi connectivity index (χ0) is 13.7. The molecule has 0 amide bonds. The van der Waals surface area contributed by atoms with E-state index in [1.54, 1.807) is 12.1 Å². The fraction of sp³-hybridized carbons (Fsp3) is 0. The monoisotopic (exact) mass is 257 g/mol. The van der Waals surface area contributed by atoms with Crippen LogP contribution in [0.2, 0.25) is 0 Å². The highest BCUT2D eigenvalue weighted by Crippen LogP contribution is 2.09. The first-order valence-electron chi connectivity index (χ1n) is 5.36. The van der Waals surface area contributed by atoms with Crippen molar-refractivity contribution < 1.29 is 9.90 Å². The Bertz CT molecular complexity index is 595. The van der Waals surface area contributed by atoms with E-state index in [1.165, 1.54) is 30.7 Å². The largest absolute Gasteiger partial charge is 0.478 e. The quantitative estimate of drug-likeness (QED) is 0.426. The molecule has 0 saturated carbocycles. The average Bonchev–Trinajstić information content (AvgIpc) is 2.46. The maximum atomic E-state index is 10.7. The van der Waals surface area contributed by atoms with Crippen molar-refractivity contribution in [3.05, 3.63) is 54.1 Å². The number of aromatic carboxylic acids is 1. The van der Waals surface area contributed by atoms with Gasteiger partial charge in [0, 0.05) is 12.4 Å². The maximum Gasteiger partial charge on any atom is 0.335 e. The van der Waals surface area contributed by atoms with Crippen LogP contribution in [0, 0.1) is 0 Å². The SMILES string of the molecule is NC(=NNc1ccc(C(=O)O)cc1)c1cnccn1. The molecule has 1 heterocycles. The third kappa shape index (κ3) is 3.25. The summed E-state index contributed by atoms with van der Waals surface area (Å²) in [5.41, 5.74) is 9.71. The number of carbonyl (C=O) groups is 1. The number of benzene rings is 1. The van der Waals surface area contributed by atoms with Gasteiger partial charge in [0.1, 0.15) is 5.69 Å². The summed E-state index contributed by atoms with van der Waals surface area (Å²) in [6.45, 7) is 0. The van der Waals surface area contributed by atoms with Crippen molar-refractivity contribution >= 4 is 17.5 Å². The Morgan fingerprint density at radius 3 is 2.58 bits per heavy atom. The highest BCUT2D eigenvalue weighted by Gasteiger charge is 2.02. The molecule has 0 aliphatic carbocycles. The van der Waals surface area contributed by atoms with Crippen molar-refractivity contribution in [2.45, 2.75) is 0 Å². The third-order valence-corrected chi connectivity index (χ3v) is 2.26. The summed E-state index contributed by atoms with van der Waals surface area (Å²) < 4.78 is 0. The third-order valence-electron chi connectivity index (χ3n) is 2.26. The Labute approximate surface area is 108 Å². The lowest BCUT2D eigenvalue weighted by Gasteiger charge is -2.03. The summed E-state index contributed by atoms with van der Waals surface area (Å²) in [5, 5.41) is 12.7. The van der Waals surface area contributed by atoms with Gasteiger partial charge < -0.3 is 10.8 Å². The molecule has 2 aromatic rings. The van der Waals surface area contributed by atoms with Crippen LogP contribution in [0.4, 0.5) is 5.69 Å². The van der Waals surface area contributed by atoms with Gasteiger partial charge in [-0.1, -0.05) is 0 Å². The standard InChI is InChI=1S/C12H11N5O2/c13-11(10-7-14-5-6-15-10)17-16-9-3-1-8(2-4-9)12(18)19/h1-7,16H,(H2,13,17)(H,18,19). The minimum absolute atomic E-state index is 0.190. The molecule has 0 aliphatic rings. The van der Waals surface area contributed by atoms with Crippen LogP contribution < -0.4 is 11.2 Å². The van der Waals surface area contributed by atoms with Crippen molar-refractivity contribution in [1.29, 1.82) is 0 Å². The molecule has 0 unspecified atom stereocenters. The summed E-state index contributed by atoms with van der Waals surface area (Å²) in [6.07, 6.45) is 4.54. The number of hydrogen-bond acceptors (Lipinski definition) is 5. The Kier molecular flexibility index (Phi) is 3.67. The number of carboxylic acids is 1. The molecule has 0 atom stereocenters. The van der Waals surface area contributed by atoms with Gasteiger partial charge in [-0.3, -0.25) is 10.4 Å². The predicted octanol–water partition coefficient (Wildman–Crippen LogP) is 0.907. The minimum Gasteiger partial charge on any atom is -0.478 e. The van der Waals surface area contributed by atoms with Gasteiger partial charge in [0.15, 0.2) is 5.84 Å². The van der Waals surface area contributed by atoms with E-state index >= 15 is 0 Å². The fourth-order valence-corrected chi connectivity index (χ4v) is 1.30. The smallest absolute Gasteiger partial charge is 0.335 e. The zero-order valence-corrected chi connectivity index (χ0v) is 9.82. The highest BCUT2D eigenvalue weighted by molar-refractivity contribution is 5.95. The molecular weight excluding hydrogens is 246 g/mol. The predicted molar refractivity (Wildman–Crippen MR) is 69.8 cm³/mol. The van der Waals surface area contributed by atoms with Crippen molar-refractivity contribution in [3.63, 3.8) is 0 Å². The molecule has 0 fully saturated rings. The Morgan fingerprint density at radius 1 is 1.26 bits per heavy atom. The molecule has 0 bridgehead atoms. The van der Waals surface area contributed by atoms with Gasteiger partial charge in [-0.2, -0.15) is 5.10 Å². The molecule has 1 aromatic carbocycles. The molecule has 7 nitrogen and oxygen atoms in total. The lowest BCUT2D eigenvalue weighted by Crippen LogP contribution is -2.17. The molecule has 0 aliphatic heterocycles. The van der Waals surface area contributed by atoms with Crippen molar-refractivity contribution in [2.24, 2.45) is 10.8 Å². The summed E-state index contributed by atoms with van der Waals surface area (Å²) >= 11 is 0. The fourth-order valence-electron chi connectivity index (χ4n) is 1.30. The lowest BCUT2D eigenvalue weighted by molar-refractivity contribution is 0.0697. The number of carboxylic acid groups (broad SMARTS) is 1. The maximum absolute atomic E-state index is 10.7. The van der Waals surface area contributed by atoms with E-state index in [4.69, 9.17) is 10.8 Å². The number of amidine groups is 1. The van der Waals surface area contributed by atoms with E-state index in [0.29, 0.717) is 11.4 Å². The average molecular weight is 257 g/mol. The van der Waals surface area contributed by atoms with E-state index in [1.807, 2.05) is 0 Å². The second-order valence-electron chi connectivity index (χ2n) is 3.58. The van der Waals surface area contributed by atoms with Crippen molar-refractivity contribution in [2.75, 3.05) is 5.43 Å². The molecular formula is C12H11N5O2. The lowest BCUT2D eigenvalue weighted by atomic mass is 10.2. The van der Waals surface area contributed by atoms with Gasteiger partial charge in [0.05, 0.1) is 17.4 Å². The first-order valence-corrected chi connectivity index (χ1v) is 5.36. The van der Waals surface area contributed by atoms with E-state index in [2.05, 4.69) is 20.5 Å². The minimum atomic E-state index is -0.978. The van der Waals surface area contributed by atoms with E-state index in [0.717, 1.165) is 0 Å². The van der Waals surface area contributed by atoms with Gasteiger partial charge in [0.2, 0.25) is 0 Å². The Balaban J connectivity index is 2.08. The first-order chi connectivity index (χ1) is 9.16. The number of aromatic nitrogens is 2. The number of rotatable bonds is 4. The number of nitrogens with two attached hydrogens (primary N) is 1. The number of nitrogens with one attached hydrogen (secondary N) is 1. The van der Waals surface area contributed by atoms with Crippen LogP contribution in [0.25, 0.3) is 0 Å². The van der Waals surface area contributed by atoms with Crippen LogP contribution in [0.3, 0.4) is 0 Å². The molecule has 0 saturated heterocycles. The van der Waals surface area contributed by atoms with Crippen LogP contribution in [-0.2, 0) is 0 Å². The molecule has 19 heavy (non-hydrogen) atoms. The molecule has 1 aromatic heterocycles. The van der Waals surface area contributed by atoms with Crippen LogP contribution in [-0.4, -0.2) is 26.9 Å². The second kappa shape index (κ2) is 5.58. The molecule has 0 radical (unpaired) electrons. The van der Waals surface area contributed by atoms with E-state index in [-0.39, 0.29) is 11.4 Å². The number of hydrazone groups is 1. The van der Waals surface area contributed by atoms with Crippen LogP contribution in [0.15, 0.2) is 48.0 Å². The Morgan fingerprint density at radius 2 is 2.00 bits per heavy atom. The van der Waals surface area contributed by atoms with Gasteiger partial charge in [-0.15, -0.1) is 0 Å². The van der Waals surface area contributed by atoms with Crippen LogP contribution in [0.5, 0.6) is 0 Å². The molecule has 4 N–H and O–H groups in total. The van der Waals surface area contributed by atoms with E-state index in [9.17, 15) is 4.79 Å². The van der Waals surface area contributed by atoms with Gasteiger partial charge in [-0.25, -0.2) is 9.78 Å². The van der Waals surface area contributed by atoms with Crippen molar-refractivity contribution in [1.82, 2.24) is 9.97 Å². The van der Waals surface area contributed by atoms with Crippen molar-refractivity contribution in [3.8, 4) is 0 Å². The Hall–Kier alpha value is -2.96. The van der Waals surface area contributed by atoms with Gasteiger partial charge >= 0.3 is 5.97 Å². The number of nitrogens with zero attached hydrogens (tertiary/aromatic N) is 3. The number of anilines is 1. The summed E-state index contributed by atoms with van der Waals surface area (Å²) in [6, 6.07) is 6.13. The molecule has 2 rings (SSSR count). The van der Waals surface area contributed by atoms with Gasteiger partial charge in [0.25, 0.3) is 0 Å². The summed E-state index contributed by atoms with van der Waals surface area (Å²) in [5.74, 6) is -0.787. The zero-order valence-electron chi connectivity index (χ0n) is 9.82. The van der Waals surface area contributed by atoms with Crippen LogP contribution in [0.1, 0.15) is 16.1 Å². The highest BCUT2D eigenvalue weighted by atomic mass is 16.4. The van der Waals surface area contributed by atoms with Gasteiger partial charge in [-0.05, 0) is 24.3 Å².